The Balaban J connectivity index is 2.23. The Hall–Kier alpha value is -0.810. The predicted octanol–water partition coefficient (Wildman–Crippen LogP) is 1.32. The van der Waals surface area contributed by atoms with E-state index in [1.807, 2.05) is 27.7 Å². The van der Waals surface area contributed by atoms with Crippen LogP contribution in [0, 0.1) is 0 Å². The van der Waals surface area contributed by atoms with Crippen LogP contribution in [0.3, 0.4) is 0 Å². The van der Waals surface area contributed by atoms with Gasteiger partial charge in [-0.1, -0.05) is 0 Å². The Bertz CT molecular complexity index is 287. The van der Waals surface area contributed by atoms with Crippen LogP contribution in [0.1, 0.15) is 47.0 Å². The molecule has 0 spiro atoms. The summed E-state index contributed by atoms with van der Waals surface area (Å²) in [4.78, 5) is 14.0. The molecule has 0 aromatic rings. The summed E-state index contributed by atoms with van der Waals surface area (Å²) in [5.41, 5.74) is -0.202. The average molecular weight is 271 g/mol. The van der Waals surface area contributed by atoms with Crippen molar-refractivity contribution in [3.8, 4) is 0 Å². The molecule has 0 radical (unpaired) electrons. The number of carbonyl (C=O) groups excluding carboxylic acids is 1. The molecule has 1 aliphatic rings. The first kappa shape index (κ1) is 16.2. The number of aliphatic hydroxyl groups is 1. The number of carbonyl (C=O) groups is 1. The minimum Gasteiger partial charge on any atom is -0.393 e. The molecule has 1 saturated heterocycles. The van der Waals surface area contributed by atoms with Gasteiger partial charge in [0.2, 0.25) is 0 Å². The number of aliphatic hydroxyl groups excluding tert-OH is 1. The second-order valence-electron chi connectivity index (χ2n) is 6.55. The molecule has 3 N–H and O–H groups in total. The van der Waals surface area contributed by atoms with Crippen molar-refractivity contribution >= 4 is 6.03 Å². The van der Waals surface area contributed by atoms with Gasteiger partial charge in [-0.2, -0.15) is 0 Å². The molecule has 1 rings (SSSR count). The number of nitrogens with zero attached hydrogens (tertiary/aromatic N) is 1. The molecule has 2 unspecified atom stereocenters. The van der Waals surface area contributed by atoms with Gasteiger partial charge in [-0.3, -0.25) is 4.90 Å². The van der Waals surface area contributed by atoms with Crippen LogP contribution >= 0.6 is 0 Å². The van der Waals surface area contributed by atoms with E-state index in [0.29, 0.717) is 12.6 Å². The summed E-state index contributed by atoms with van der Waals surface area (Å²) in [6.07, 6.45) is 2.92. The summed E-state index contributed by atoms with van der Waals surface area (Å²) >= 11 is 0. The summed E-state index contributed by atoms with van der Waals surface area (Å²) in [6, 6.07) is 0.353. The Morgan fingerprint density at radius 1 is 1.47 bits per heavy atom. The van der Waals surface area contributed by atoms with Crippen molar-refractivity contribution in [1.29, 1.82) is 0 Å². The highest BCUT2D eigenvalue weighted by Gasteiger charge is 2.25. The van der Waals surface area contributed by atoms with Gasteiger partial charge in [0.05, 0.1) is 6.10 Å². The van der Waals surface area contributed by atoms with Gasteiger partial charge in [0.1, 0.15) is 0 Å². The van der Waals surface area contributed by atoms with Crippen LogP contribution in [0.25, 0.3) is 0 Å². The second-order valence-corrected chi connectivity index (χ2v) is 6.55. The van der Waals surface area contributed by atoms with Crippen LogP contribution in [-0.4, -0.2) is 53.4 Å². The molecule has 0 bridgehead atoms. The molecular weight excluding hydrogens is 242 g/mol. The lowest BCUT2D eigenvalue weighted by molar-refractivity contribution is 0.134. The number of hydrogen-bond acceptors (Lipinski definition) is 3. The highest BCUT2D eigenvalue weighted by Crippen LogP contribution is 2.20. The van der Waals surface area contributed by atoms with Crippen molar-refractivity contribution in [3.63, 3.8) is 0 Å². The Kier molecular flexibility index (Phi) is 6.07. The van der Waals surface area contributed by atoms with Gasteiger partial charge >= 0.3 is 6.03 Å². The molecule has 1 fully saturated rings. The van der Waals surface area contributed by atoms with E-state index in [-0.39, 0.29) is 17.7 Å². The van der Waals surface area contributed by atoms with Crippen LogP contribution in [0.15, 0.2) is 0 Å². The summed E-state index contributed by atoms with van der Waals surface area (Å²) in [7, 11) is 0. The number of rotatable bonds is 5. The maximum atomic E-state index is 11.6. The topological polar surface area (TPSA) is 64.6 Å². The number of urea groups is 1. The Labute approximate surface area is 116 Å². The normalized spacial score (nSPS) is 22.3. The average Bonchev–Trinajstić information content (AvgIpc) is 2.62. The van der Waals surface area contributed by atoms with E-state index >= 15 is 0 Å². The fourth-order valence-electron chi connectivity index (χ4n) is 2.55. The Morgan fingerprint density at radius 3 is 2.74 bits per heavy atom. The molecule has 2 amide bonds. The van der Waals surface area contributed by atoms with Crippen LogP contribution in [-0.2, 0) is 0 Å². The van der Waals surface area contributed by atoms with E-state index in [0.717, 1.165) is 25.9 Å². The first-order chi connectivity index (χ1) is 8.78. The maximum absolute atomic E-state index is 11.6. The SMILES string of the molecule is CC(O)CC1CCCN1CCNC(=O)NC(C)(C)C. The number of nitrogens with one attached hydrogen (secondary N) is 2. The monoisotopic (exact) mass is 271 g/mol. The zero-order valence-corrected chi connectivity index (χ0v) is 12.7. The molecule has 5 nitrogen and oxygen atoms in total. The fraction of sp³-hybridized carbons (Fsp3) is 0.929. The molecular formula is C14H29N3O2. The van der Waals surface area contributed by atoms with Crippen LogP contribution in [0.5, 0.6) is 0 Å². The van der Waals surface area contributed by atoms with Crippen molar-refractivity contribution in [2.24, 2.45) is 0 Å². The van der Waals surface area contributed by atoms with Gasteiger partial charge < -0.3 is 15.7 Å². The quantitative estimate of drug-likeness (QED) is 0.706. The van der Waals surface area contributed by atoms with E-state index in [1.165, 1.54) is 6.42 Å². The summed E-state index contributed by atoms with van der Waals surface area (Å²) in [6.45, 7) is 10.3. The van der Waals surface area contributed by atoms with Gasteiger partial charge in [0.15, 0.2) is 0 Å². The van der Waals surface area contributed by atoms with Gasteiger partial charge in [-0.05, 0) is 53.5 Å². The van der Waals surface area contributed by atoms with Crippen molar-refractivity contribution in [2.45, 2.75) is 64.6 Å². The molecule has 0 aromatic heterocycles. The molecule has 0 aliphatic carbocycles. The summed E-state index contributed by atoms with van der Waals surface area (Å²) < 4.78 is 0. The van der Waals surface area contributed by atoms with E-state index < -0.39 is 0 Å². The standard InChI is InChI=1S/C14H29N3O2/c1-11(18)10-12-6-5-8-17(12)9-7-15-13(19)16-14(2,3)4/h11-12,18H,5-10H2,1-4H3,(H2,15,16,19). The second kappa shape index (κ2) is 7.10. The fourth-order valence-corrected chi connectivity index (χ4v) is 2.55. The lowest BCUT2D eigenvalue weighted by Gasteiger charge is -2.26. The third-order valence-corrected chi connectivity index (χ3v) is 3.29. The predicted molar refractivity (Wildman–Crippen MR) is 77.2 cm³/mol. The first-order valence-corrected chi connectivity index (χ1v) is 7.26. The largest absolute Gasteiger partial charge is 0.393 e. The third-order valence-electron chi connectivity index (χ3n) is 3.29. The first-order valence-electron chi connectivity index (χ1n) is 7.26. The zero-order chi connectivity index (χ0) is 14.5. The summed E-state index contributed by atoms with van der Waals surface area (Å²) in [5, 5.41) is 15.2. The van der Waals surface area contributed by atoms with Crippen molar-refractivity contribution in [1.82, 2.24) is 15.5 Å². The molecule has 1 heterocycles. The van der Waals surface area contributed by atoms with Gasteiger partial charge in [0.25, 0.3) is 0 Å². The third kappa shape index (κ3) is 6.78. The van der Waals surface area contributed by atoms with Crippen LogP contribution in [0.2, 0.25) is 0 Å². The van der Waals surface area contributed by atoms with Crippen LogP contribution < -0.4 is 10.6 Å². The van der Waals surface area contributed by atoms with E-state index in [9.17, 15) is 9.90 Å². The molecule has 0 saturated carbocycles. The van der Waals surface area contributed by atoms with Crippen molar-refractivity contribution in [3.05, 3.63) is 0 Å². The van der Waals surface area contributed by atoms with Crippen molar-refractivity contribution < 1.29 is 9.90 Å². The molecule has 1 aliphatic heterocycles. The van der Waals surface area contributed by atoms with Gasteiger partial charge in [-0.15, -0.1) is 0 Å². The van der Waals surface area contributed by atoms with Crippen molar-refractivity contribution in [2.75, 3.05) is 19.6 Å². The highest BCUT2D eigenvalue weighted by atomic mass is 16.3. The maximum Gasteiger partial charge on any atom is 0.315 e. The minimum absolute atomic E-state index is 0.112. The molecule has 19 heavy (non-hydrogen) atoms. The summed E-state index contributed by atoms with van der Waals surface area (Å²) in [5.74, 6) is 0. The van der Waals surface area contributed by atoms with E-state index in [1.54, 1.807) is 0 Å². The molecule has 0 aromatic carbocycles. The number of hydrogen-bond donors (Lipinski definition) is 3. The lowest BCUT2D eigenvalue weighted by atomic mass is 10.1. The molecule has 5 heteroatoms. The molecule has 2 atom stereocenters. The smallest absolute Gasteiger partial charge is 0.315 e. The number of likely N-dealkylation sites (tertiary alicyclic amines) is 1. The lowest BCUT2D eigenvalue weighted by Crippen LogP contribution is -2.48. The van der Waals surface area contributed by atoms with E-state index in [2.05, 4.69) is 15.5 Å². The van der Waals surface area contributed by atoms with Gasteiger partial charge in [0, 0.05) is 24.7 Å². The molecule has 112 valence electrons. The Morgan fingerprint density at radius 2 is 2.16 bits per heavy atom. The van der Waals surface area contributed by atoms with E-state index in [4.69, 9.17) is 0 Å². The highest BCUT2D eigenvalue weighted by molar-refractivity contribution is 5.74. The zero-order valence-electron chi connectivity index (χ0n) is 12.7. The number of amides is 2. The van der Waals surface area contributed by atoms with Crippen LogP contribution in [0.4, 0.5) is 4.79 Å². The minimum atomic E-state index is -0.247. The van der Waals surface area contributed by atoms with Gasteiger partial charge in [-0.25, -0.2) is 4.79 Å².